The summed E-state index contributed by atoms with van der Waals surface area (Å²) in [5.41, 5.74) is 1.34. The molecule has 0 amide bonds. The van der Waals surface area contributed by atoms with Crippen LogP contribution in [-0.2, 0) is 0 Å². The van der Waals surface area contributed by atoms with E-state index in [0.717, 1.165) is 19.0 Å². The molecule has 2 unspecified atom stereocenters. The third-order valence-electron chi connectivity index (χ3n) is 3.62. The highest BCUT2D eigenvalue weighted by Crippen LogP contribution is 2.43. The molecule has 17 heavy (non-hydrogen) atoms. The van der Waals surface area contributed by atoms with Crippen LogP contribution in [-0.4, -0.2) is 13.1 Å². The second-order valence-electron chi connectivity index (χ2n) is 4.82. The van der Waals surface area contributed by atoms with Crippen molar-refractivity contribution in [3.05, 3.63) is 33.8 Å². The fourth-order valence-corrected chi connectivity index (χ4v) is 2.77. The lowest BCUT2D eigenvalue weighted by atomic mass is 9.70. The summed E-state index contributed by atoms with van der Waals surface area (Å²) in [6.07, 6.45) is 3.79. The van der Waals surface area contributed by atoms with Gasteiger partial charge in [-0.2, -0.15) is 0 Å². The van der Waals surface area contributed by atoms with Crippen LogP contribution >= 0.6 is 23.2 Å². The monoisotopic (exact) mass is 271 g/mol. The molecule has 1 fully saturated rings. The Kier molecular flexibility index (Phi) is 4.72. The zero-order valence-electron chi connectivity index (χ0n) is 10.2. The first-order valence-corrected chi connectivity index (χ1v) is 7.13. The highest BCUT2D eigenvalue weighted by Gasteiger charge is 2.31. The molecule has 0 spiro atoms. The Morgan fingerprint density at radius 3 is 2.65 bits per heavy atom. The van der Waals surface area contributed by atoms with Gasteiger partial charge in [0.05, 0.1) is 10.0 Å². The van der Waals surface area contributed by atoms with Crippen molar-refractivity contribution in [1.29, 1.82) is 0 Å². The molecular weight excluding hydrogens is 253 g/mol. The summed E-state index contributed by atoms with van der Waals surface area (Å²) in [6, 6.07) is 6.06. The fourth-order valence-electron chi connectivity index (χ4n) is 2.46. The van der Waals surface area contributed by atoms with E-state index in [1.54, 1.807) is 0 Å². The van der Waals surface area contributed by atoms with E-state index in [9.17, 15) is 0 Å². The highest BCUT2D eigenvalue weighted by molar-refractivity contribution is 6.42. The lowest BCUT2D eigenvalue weighted by molar-refractivity contribution is 0.246. The van der Waals surface area contributed by atoms with Crippen LogP contribution in [0.2, 0.25) is 10.0 Å². The molecule has 1 aliphatic rings. The minimum absolute atomic E-state index is 0.649. The van der Waals surface area contributed by atoms with Crippen LogP contribution in [0.5, 0.6) is 0 Å². The van der Waals surface area contributed by atoms with E-state index < -0.39 is 0 Å². The van der Waals surface area contributed by atoms with E-state index in [4.69, 9.17) is 23.2 Å². The lowest BCUT2D eigenvalue weighted by Crippen LogP contribution is -2.34. The molecular formula is C14H19Cl2N. The normalized spacial score (nSPS) is 23.5. The van der Waals surface area contributed by atoms with Gasteiger partial charge in [-0.25, -0.2) is 0 Å². The van der Waals surface area contributed by atoms with Gasteiger partial charge in [0.25, 0.3) is 0 Å². The molecule has 1 aromatic carbocycles. The molecule has 1 N–H and O–H groups in total. The molecule has 3 heteroatoms. The maximum absolute atomic E-state index is 6.07. The van der Waals surface area contributed by atoms with Crippen LogP contribution < -0.4 is 5.32 Å². The van der Waals surface area contributed by atoms with Gasteiger partial charge in [0.1, 0.15) is 0 Å². The average Bonchev–Trinajstić information content (AvgIpc) is 2.28. The zero-order chi connectivity index (χ0) is 12.3. The first-order valence-electron chi connectivity index (χ1n) is 6.38. The van der Waals surface area contributed by atoms with Crippen molar-refractivity contribution in [2.24, 2.45) is 5.92 Å². The van der Waals surface area contributed by atoms with Gasteiger partial charge in [0, 0.05) is 0 Å². The minimum Gasteiger partial charge on any atom is -0.316 e. The molecule has 1 aliphatic carbocycles. The maximum Gasteiger partial charge on any atom is 0.0595 e. The van der Waals surface area contributed by atoms with Crippen LogP contribution in [0.25, 0.3) is 0 Å². The highest BCUT2D eigenvalue weighted by atomic mass is 35.5. The Hall–Kier alpha value is -0.240. The van der Waals surface area contributed by atoms with Gasteiger partial charge >= 0.3 is 0 Å². The molecule has 94 valence electrons. The van der Waals surface area contributed by atoms with Crippen LogP contribution in [0.1, 0.15) is 37.7 Å². The first kappa shape index (κ1) is 13.2. The molecule has 2 rings (SSSR count). The van der Waals surface area contributed by atoms with Gasteiger partial charge in [-0.05, 0) is 61.9 Å². The fraction of sp³-hybridized carbons (Fsp3) is 0.571. The van der Waals surface area contributed by atoms with Crippen molar-refractivity contribution in [2.45, 2.75) is 32.1 Å². The Balaban J connectivity index is 1.95. The zero-order valence-corrected chi connectivity index (χ0v) is 11.7. The number of rotatable bonds is 5. The Labute approximate surface area is 114 Å². The largest absolute Gasteiger partial charge is 0.316 e. The molecule has 1 saturated carbocycles. The van der Waals surface area contributed by atoms with E-state index in [1.807, 2.05) is 12.1 Å². The topological polar surface area (TPSA) is 12.0 Å². The molecule has 0 bridgehead atoms. The molecule has 0 aliphatic heterocycles. The number of nitrogens with one attached hydrogen (secondary N) is 1. The van der Waals surface area contributed by atoms with Gasteiger partial charge in [0.15, 0.2) is 0 Å². The quantitative estimate of drug-likeness (QED) is 0.779. The SMILES string of the molecule is CCCNCC1CCC1c1ccc(Cl)c(Cl)c1. The molecule has 0 aromatic heterocycles. The third kappa shape index (κ3) is 3.15. The summed E-state index contributed by atoms with van der Waals surface area (Å²) < 4.78 is 0. The van der Waals surface area contributed by atoms with E-state index >= 15 is 0 Å². The predicted octanol–water partition coefficient (Wildman–Crippen LogP) is 4.49. The number of hydrogen-bond donors (Lipinski definition) is 1. The summed E-state index contributed by atoms with van der Waals surface area (Å²) >= 11 is 12.0. The molecule has 1 aromatic rings. The van der Waals surface area contributed by atoms with Crippen LogP contribution in [0.15, 0.2) is 18.2 Å². The summed E-state index contributed by atoms with van der Waals surface area (Å²) in [7, 11) is 0. The van der Waals surface area contributed by atoms with Gasteiger partial charge in [0.2, 0.25) is 0 Å². The lowest BCUT2D eigenvalue weighted by Gasteiger charge is -2.37. The summed E-state index contributed by atoms with van der Waals surface area (Å²) in [5, 5.41) is 4.83. The van der Waals surface area contributed by atoms with Gasteiger partial charge in [-0.1, -0.05) is 36.2 Å². The van der Waals surface area contributed by atoms with Crippen molar-refractivity contribution < 1.29 is 0 Å². The first-order chi connectivity index (χ1) is 8.22. The van der Waals surface area contributed by atoms with Gasteiger partial charge < -0.3 is 5.32 Å². The maximum atomic E-state index is 6.07. The van der Waals surface area contributed by atoms with Gasteiger partial charge in [-0.15, -0.1) is 0 Å². The summed E-state index contributed by atoms with van der Waals surface area (Å²) in [6.45, 7) is 4.44. The molecule has 0 heterocycles. The van der Waals surface area contributed by atoms with Crippen LogP contribution in [0.4, 0.5) is 0 Å². The smallest absolute Gasteiger partial charge is 0.0595 e. The predicted molar refractivity (Wildman–Crippen MR) is 75.1 cm³/mol. The number of benzene rings is 1. The molecule has 0 radical (unpaired) electrons. The Morgan fingerprint density at radius 2 is 2.06 bits per heavy atom. The third-order valence-corrected chi connectivity index (χ3v) is 4.36. The standard InChI is InChI=1S/C14H19Cl2N/c1-2-7-17-9-11-3-5-12(11)10-4-6-13(15)14(16)8-10/h4,6,8,11-12,17H,2-3,5,7,9H2,1H3. The average molecular weight is 272 g/mol. The molecule has 0 saturated heterocycles. The van der Waals surface area contributed by atoms with Crippen molar-refractivity contribution in [3.8, 4) is 0 Å². The van der Waals surface area contributed by atoms with E-state index in [0.29, 0.717) is 16.0 Å². The molecule has 1 nitrogen and oxygen atoms in total. The van der Waals surface area contributed by atoms with Crippen molar-refractivity contribution in [2.75, 3.05) is 13.1 Å². The van der Waals surface area contributed by atoms with Crippen molar-refractivity contribution in [3.63, 3.8) is 0 Å². The van der Waals surface area contributed by atoms with Crippen molar-refractivity contribution in [1.82, 2.24) is 5.32 Å². The van der Waals surface area contributed by atoms with E-state index in [1.165, 1.54) is 24.8 Å². The Bertz CT molecular complexity index is 378. The second kappa shape index (κ2) is 6.08. The minimum atomic E-state index is 0.649. The van der Waals surface area contributed by atoms with Crippen molar-refractivity contribution >= 4 is 23.2 Å². The summed E-state index contributed by atoms with van der Waals surface area (Å²) in [4.78, 5) is 0. The van der Waals surface area contributed by atoms with Gasteiger partial charge in [-0.3, -0.25) is 0 Å². The van der Waals surface area contributed by atoms with E-state index in [2.05, 4.69) is 18.3 Å². The number of halogens is 2. The Morgan fingerprint density at radius 1 is 1.24 bits per heavy atom. The number of hydrogen-bond acceptors (Lipinski definition) is 1. The van der Waals surface area contributed by atoms with Crippen LogP contribution in [0.3, 0.4) is 0 Å². The second-order valence-corrected chi connectivity index (χ2v) is 5.64. The summed E-state index contributed by atoms with van der Waals surface area (Å²) in [5.74, 6) is 1.42. The molecule has 2 atom stereocenters. The van der Waals surface area contributed by atoms with E-state index in [-0.39, 0.29) is 0 Å². The van der Waals surface area contributed by atoms with Crippen LogP contribution in [0, 0.1) is 5.92 Å².